The van der Waals surface area contributed by atoms with Gasteiger partial charge in [-0.1, -0.05) is 116 Å². The van der Waals surface area contributed by atoms with Crippen molar-refractivity contribution in [2.75, 3.05) is 5.75 Å². The average Bonchev–Trinajstić information content (AvgIpc) is 2.64. The zero-order chi connectivity index (χ0) is 20.9. The van der Waals surface area contributed by atoms with Crippen LogP contribution in [0.5, 0.6) is 0 Å². The number of hydrogen-bond acceptors (Lipinski definition) is 4. The van der Waals surface area contributed by atoms with E-state index in [1.54, 1.807) is 0 Å². The van der Waals surface area contributed by atoms with E-state index in [9.17, 15) is 18.1 Å². The van der Waals surface area contributed by atoms with E-state index in [2.05, 4.69) is 6.92 Å². The van der Waals surface area contributed by atoms with Gasteiger partial charge in [-0.25, -0.2) is 8.42 Å². The summed E-state index contributed by atoms with van der Waals surface area (Å²) in [5.41, 5.74) is 0. The van der Waals surface area contributed by atoms with Gasteiger partial charge in [-0.3, -0.25) is 0 Å². The van der Waals surface area contributed by atoms with Crippen LogP contribution < -0.4 is 51.4 Å². The third-order valence-electron chi connectivity index (χ3n) is 5.57. The van der Waals surface area contributed by atoms with Crippen LogP contribution in [0.4, 0.5) is 0 Å². The SMILES string of the molecule is CCCCC(O)CCCCCCCCCCCCCCCCCCS(=O)(=O)[O-].[K+]. The van der Waals surface area contributed by atoms with Gasteiger partial charge in [0.15, 0.2) is 0 Å². The predicted molar refractivity (Wildman–Crippen MR) is 119 cm³/mol. The summed E-state index contributed by atoms with van der Waals surface area (Å²) in [4.78, 5) is 0. The van der Waals surface area contributed by atoms with E-state index in [1.165, 1.54) is 83.5 Å². The molecular weight excluding hydrogens is 411 g/mol. The molecule has 0 heterocycles. The van der Waals surface area contributed by atoms with Gasteiger partial charge in [0, 0.05) is 5.75 Å². The van der Waals surface area contributed by atoms with Gasteiger partial charge in [0.25, 0.3) is 0 Å². The predicted octanol–water partition coefficient (Wildman–Crippen LogP) is 3.72. The Balaban J connectivity index is 0. The van der Waals surface area contributed by atoms with Crippen LogP contribution in [0.25, 0.3) is 0 Å². The van der Waals surface area contributed by atoms with Crippen LogP contribution in [0, 0.1) is 0 Å². The van der Waals surface area contributed by atoms with Crippen LogP contribution in [0.15, 0.2) is 0 Å². The third kappa shape index (κ3) is 29.5. The van der Waals surface area contributed by atoms with Crippen LogP contribution in [0.3, 0.4) is 0 Å². The Labute approximate surface area is 224 Å². The Morgan fingerprint density at radius 1 is 0.621 bits per heavy atom. The molecule has 0 saturated carbocycles. The standard InChI is InChI=1S/C23H48O4S.K/c1-2-3-20-23(24)21-18-16-14-12-10-8-6-4-5-7-9-11-13-15-17-19-22-28(25,26)27;/h23-24H,2-22H2,1H3,(H,25,26,27);/q;+1/p-1. The zero-order valence-corrected chi connectivity index (χ0v) is 23.4. The largest absolute Gasteiger partial charge is 1.00 e. The second kappa shape index (κ2) is 24.2. The summed E-state index contributed by atoms with van der Waals surface area (Å²) in [6.45, 7) is 2.17. The second-order valence-electron chi connectivity index (χ2n) is 8.50. The second-order valence-corrected chi connectivity index (χ2v) is 10.0. The Hall–Kier alpha value is 1.51. The molecular formula is C23H47KO4S. The van der Waals surface area contributed by atoms with Gasteiger partial charge in [-0.15, -0.1) is 0 Å². The number of aliphatic hydroxyl groups is 1. The van der Waals surface area contributed by atoms with Gasteiger partial charge in [-0.05, 0) is 19.3 Å². The minimum absolute atomic E-state index is 0. The summed E-state index contributed by atoms with van der Waals surface area (Å²) < 4.78 is 31.4. The molecule has 0 aromatic carbocycles. The first-order valence-electron chi connectivity index (χ1n) is 12.1. The third-order valence-corrected chi connectivity index (χ3v) is 6.36. The van der Waals surface area contributed by atoms with Crippen LogP contribution in [-0.4, -0.2) is 29.9 Å². The molecule has 1 N–H and O–H groups in total. The van der Waals surface area contributed by atoms with Crippen LogP contribution in [-0.2, 0) is 10.1 Å². The van der Waals surface area contributed by atoms with Crippen LogP contribution in [0.2, 0.25) is 0 Å². The molecule has 0 aromatic heterocycles. The van der Waals surface area contributed by atoms with Gasteiger partial charge in [0.2, 0.25) is 0 Å². The molecule has 0 aliphatic carbocycles. The Morgan fingerprint density at radius 2 is 0.931 bits per heavy atom. The fourth-order valence-electron chi connectivity index (χ4n) is 3.72. The van der Waals surface area contributed by atoms with E-state index in [-0.39, 0.29) is 63.2 Å². The molecule has 0 amide bonds. The van der Waals surface area contributed by atoms with Crippen molar-refractivity contribution in [2.24, 2.45) is 0 Å². The summed E-state index contributed by atoms with van der Waals surface area (Å²) in [6, 6.07) is 0. The van der Waals surface area contributed by atoms with E-state index in [1.807, 2.05) is 0 Å². The molecule has 0 saturated heterocycles. The van der Waals surface area contributed by atoms with E-state index in [4.69, 9.17) is 0 Å². The molecule has 0 spiro atoms. The minimum Gasteiger partial charge on any atom is -0.748 e. The molecule has 0 aliphatic heterocycles. The van der Waals surface area contributed by atoms with Crippen molar-refractivity contribution >= 4 is 10.1 Å². The van der Waals surface area contributed by atoms with E-state index in [0.29, 0.717) is 6.42 Å². The minimum atomic E-state index is -4.01. The van der Waals surface area contributed by atoms with Gasteiger partial charge in [0.05, 0.1) is 16.2 Å². The molecule has 29 heavy (non-hydrogen) atoms. The van der Waals surface area contributed by atoms with Gasteiger partial charge < -0.3 is 9.66 Å². The maximum Gasteiger partial charge on any atom is 1.00 e. The van der Waals surface area contributed by atoms with Crippen molar-refractivity contribution in [1.82, 2.24) is 0 Å². The summed E-state index contributed by atoms with van der Waals surface area (Å²) in [5, 5.41) is 9.80. The molecule has 1 unspecified atom stereocenters. The monoisotopic (exact) mass is 458 g/mol. The molecule has 170 valence electrons. The van der Waals surface area contributed by atoms with E-state index >= 15 is 0 Å². The number of hydrogen-bond donors (Lipinski definition) is 1. The van der Waals surface area contributed by atoms with Crippen molar-refractivity contribution in [3.8, 4) is 0 Å². The molecule has 0 aromatic rings. The van der Waals surface area contributed by atoms with Crippen LogP contribution >= 0.6 is 0 Å². The Morgan fingerprint density at radius 3 is 1.28 bits per heavy atom. The molecule has 0 radical (unpaired) electrons. The van der Waals surface area contributed by atoms with Crippen molar-refractivity contribution in [3.05, 3.63) is 0 Å². The number of unbranched alkanes of at least 4 members (excludes halogenated alkanes) is 16. The molecule has 0 fully saturated rings. The first kappa shape index (κ1) is 32.7. The van der Waals surface area contributed by atoms with Gasteiger partial charge in [-0.2, -0.15) is 0 Å². The molecule has 0 aliphatic rings. The van der Waals surface area contributed by atoms with Crippen LogP contribution in [0.1, 0.15) is 135 Å². The van der Waals surface area contributed by atoms with Crippen molar-refractivity contribution in [2.45, 2.75) is 141 Å². The summed E-state index contributed by atoms with van der Waals surface area (Å²) in [7, 11) is -4.01. The van der Waals surface area contributed by atoms with Crippen molar-refractivity contribution in [1.29, 1.82) is 0 Å². The first-order chi connectivity index (χ1) is 13.5. The van der Waals surface area contributed by atoms with Crippen molar-refractivity contribution in [3.63, 3.8) is 0 Å². The average molecular weight is 459 g/mol. The summed E-state index contributed by atoms with van der Waals surface area (Å²) in [6.07, 6.45) is 23.5. The maximum atomic E-state index is 10.5. The molecule has 4 nitrogen and oxygen atoms in total. The first-order valence-corrected chi connectivity index (χ1v) is 13.6. The molecule has 0 bridgehead atoms. The smallest absolute Gasteiger partial charge is 0.748 e. The normalized spacial score (nSPS) is 12.7. The Kier molecular flexibility index (Phi) is 27.2. The summed E-state index contributed by atoms with van der Waals surface area (Å²) >= 11 is 0. The molecule has 6 heteroatoms. The molecule has 1 atom stereocenters. The quantitative estimate of drug-likeness (QED) is 0.152. The zero-order valence-electron chi connectivity index (χ0n) is 19.5. The van der Waals surface area contributed by atoms with Gasteiger partial charge in [0.1, 0.15) is 0 Å². The topological polar surface area (TPSA) is 77.4 Å². The van der Waals surface area contributed by atoms with Crippen molar-refractivity contribution < 1.29 is 69.5 Å². The number of rotatable bonds is 22. The Bertz CT molecular complexity index is 415. The van der Waals surface area contributed by atoms with E-state index < -0.39 is 10.1 Å². The molecule has 0 rings (SSSR count). The van der Waals surface area contributed by atoms with Gasteiger partial charge >= 0.3 is 51.4 Å². The number of aliphatic hydroxyl groups excluding tert-OH is 1. The fraction of sp³-hybridized carbons (Fsp3) is 1.00. The summed E-state index contributed by atoms with van der Waals surface area (Å²) in [5.74, 6) is -0.199. The maximum absolute atomic E-state index is 10.5. The van der Waals surface area contributed by atoms with E-state index in [0.717, 1.165) is 38.5 Å². The fourth-order valence-corrected chi connectivity index (χ4v) is 4.28.